The molecule has 20 heavy (non-hydrogen) atoms. The smallest absolute Gasteiger partial charge is 0.281 e. The Balaban J connectivity index is 2.43. The monoisotopic (exact) mass is 295 g/mol. The number of aromatic nitrogens is 2. The number of pyridine rings is 1. The number of amides is 1. The van der Waals surface area contributed by atoms with Gasteiger partial charge in [0, 0.05) is 12.8 Å². The van der Waals surface area contributed by atoms with Gasteiger partial charge in [0.15, 0.2) is 0 Å². The summed E-state index contributed by atoms with van der Waals surface area (Å²) in [6.45, 7) is 3.77. The predicted molar refractivity (Wildman–Crippen MR) is 76.3 cm³/mol. The zero-order valence-corrected chi connectivity index (χ0v) is 11.9. The Kier molecular flexibility index (Phi) is 4.36. The molecule has 0 radical (unpaired) electrons. The first-order valence-corrected chi connectivity index (χ1v) is 6.47. The molecule has 0 aliphatic carbocycles. The number of carbonyl (C=O) groups is 1. The van der Waals surface area contributed by atoms with Gasteiger partial charge in [-0.15, -0.1) is 0 Å². The summed E-state index contributed by atoms with van der Waals surface area (Å²) in [5.74, 6) is -0.393. The molecule has 2 heterocycles. The lowest BCUT2D eigenvalue weighted by molar-refractivity contribution is -0.120. The molecule has 0 aliphatic heterocycles. The molecule has 0 saturated heterocycles. The first-order chi connectivity index (χ1) is 9.52. The normalized spacial score (nSPS) is 10.8. The largest absolute Gasteiger partial charge is 0.372 e. The van der Waals surface area contributed by atoms with E-state index in [1.54, 1.807) is 26.0 Å². The van der Waals surface area contributed by atoms with Gasteiger partial charge >= 0.3 is 0 Å². The maximum atomic E-state index is 12.3. The fraction of sp³-hybridized carbons (Fsp3) is 0.308. The molecule has 1 N–H and O–H groups in total. The minimum absolute atomic E-state index is 0.104. The van der Waals surface area contributed by atoms with Crippen LogP contribution in [0.5, 0.6) is 0 Å². The third-order valence-electron chi connectivity index (χ3n) is 2.67. The summed E-state index contributed by atoms with van der Waals surface area (Å²) < 4.78 is 6.29. The van der Waals surface area contributed by atoms with Crippen LogP contribution in [0.25, 0.3) is 5.65 Å². The lowest BCUT2D eigenvalue weighted by Gasteiger charge is -2.09. The summed E-state index contributed by atoms with van der Waals surface area (Å²) in [5, 5.41) is 2.94. The Hall–Kier alpha value is -1.92. The van der Waals surface area contributed by atoms with E-state index in [-0.39, 0.29) is 17.9 Å². The van der Waals surface area contributed by atoms with Crippen LogP contribution >= 0.6 is 11.6 Å². The number of nitrogens with one attached hydrogen (secondary N) is 1. The number of hydrogen-bond donors (Lipinski definition) is 1. The number of hydrogen-bond acceptors (Lipinski definition) is 4. The van der Waals surface area contributed by atoms with E-state index < -0.39 is 5.91 Å². The second-order valence-corrected chi connectivity index (χ2v) is 4.57. The van der Waals surface area contributed by atoms with Crippen LogP contribution < -0.4 is 10.9 Å². The second kappa shape index (κ2) is 6.02. The van der Waals surface area contributed by atoms with Crippen LogP contribution in [0.2, 0.25) is 5.02 Å². The van der Waals surface area contributed by atoms with Crippen LogP contribution in [-0.2, 0) is 9.53 Å². The second-order valence-electron chi connectivity index (χ2n) is 4.14. The van der Waals surface area contributed by atoms with E-state index in [0.29, 0.717) is 23.0 Å². The molecule has 2 aromatic heterocycles. The fourth-order valence-electron chi connectivity index (χ4n) is 1.74. The van der Waals surface area contributed by atoms with E-state index in [4.69, 9.17) is 16.3 Å². The molecule has 6 nitrogen and oxygen atoms in total. The lowest BCUT2D eigenvalue weighted by Crippen LogP contribution is -2.27. The van der Waals surface area contributed by atoms with E-state index in [1.165, 1.54) is 10.6 Å². The van der Waals surface area contributed by atoms with Crippen LogP contribution in [0.15, 0.2) is 23.1 Å². The van der Waals surface area contributed by atoms with Gasteiger partial charge < -0.3 is 10.1 Å². The van der Waals surface area contributed by atoms with Crippen molar-refractivity contribution in [3.05, 3.63) is 39.4 Å². The van der Waals surface area contributed by atoms with Gasteiger partial charge in [-0.1, -0.05) is 11.6 Å². The van der Waals surface area contributed by atoms with Crippen molar-refractivity contribution >= 4 is 28.8 Å². The van der Waals surface area contributed by atoms with Crippen LogP contribution in [0.1, 0.15) is 12.6 Å². The minimum atomic E-state index is -0.393. The zero-order chi connectivity index (χ0) is 14.7. The first kappa shape index (κ1) is 14.5. The van der Waals surface area contributed by atoms with Crippen molar-refractivity contribution in [2.45, 2.75) is 13.8 Å². The van der Waals surface area contributed by atoms with Crippen molar-refractivity contribution in [1.29, 1.82) is 0 Å². The van der Waals surface area contributed by atoms with E-state index in [9.17, 15) is 9.59 Å². The number of carbonyl (C=O) groups excluding carboxylic acids is 1. The molecule has 2 aromatic rings. The van der Waals surface area contributed by atoms with Gasteiger partial charge in [-0.2, -0.15) is 0 Å². The van der Waals surface area contributed by atoms with E-state index in [2.05, 4.69) is 10.3 Å². The summed E-state index contributed by atoms with van der Waals surface area (Å²) in [7, 11) is 0. The standard InChI is InChI=1S/C13H14ClN3O3/c1-3-20-7-11(18)16-12-8(2)15-10-5-4-9(14)6-17(10)13(12)19/h4-6H,3,7H2,1-2H3,(H,16,18). The first-order valence-electron chi connectivity index (χ1n) is 6.09. The molecule has 0 unspecified atom stereocenters. The highest BCUT2D eigenvalue weighted by atomic mass is 35.5. The van der Waals surface area contributed by atoms with Crippen molar-refractivity contribution < 1.29 is 9.53 Å². The minimum Gasteiger partial charge on any atom is -0.372 e. The molecular weight excluding hydrogens is 282 g/mol. The van der Waals surface area contributed by atoms with E-state index in [0.717, 1.165) is 0 Å². The highest BCUT2D eigenvalue weighted by Gasteiger charge is 2.12. The van der Waals surface area contributed by atoms with Crippen LogP contribution in [0.3, 0.4) is 0 Å². The number of fused-ring (bicyclic) bond motifs is 1. The Morgan fingerprint density at radius 3 is 2.95 bits per heavy atom. The number of aryl methyl sites for hydroxylation is 1. The molecule has 0 atom stereocenters. The molecule has 1 amide bonds. The Labute approximate surface area is 120 Å². The van der Waals surface area contributed by atoms with Gasteiger partial charge in [-0.25, -0.2) is 4.98 Å². The van der Waals surface area contributed by atoms with Crippen LogP contribution in [0.4, 0.5) is 5.69 Å². The molecule has 0 aromatic carbocycles. The highest BCUT2D eigenvalue weighted by Crippen LogP contribution is 2.12. The van der Waals surface area contributed by atoms with Gasteiger partial charge in [0.1, 0.15) is 17.9 Å². The quantitative estimate of drug-likeness (QED) is 0.930. The number of halogens is 1. The average molecular weight is 296 g/mol. The average Bonchev–Trinajstić information content (AvgIpc) is 2.42. The van der Waals surface area contributed by atoms with Gasteiger partial charge in [0.05, 0.1) is 10.7 Å². The summed E-state index contributed by atoms with van der Waals surface area (Å²) in [5.41, 5.74) is 0.677. The van der Waals surface area contributed by atoms with Crippen molar-refractivity contribution in [2.24, 2.45) is 0 Å². The summed E-state index contributed by atoms with van der Waals surface area (Å²) >= 11 is 5.86. The molecular formula is C13H14ClN3O3. The maximum Gasteiger partial charge on any atom is 0.281 e. The lowest BCUT2D eigenvalue weighted by atomic mass is 10.3. The van der Waals surface area contributed by atoms with Gasteiger partial charge in [-0.05, 0) is 26.0 Å². The molecule has 0 saturated carbocycles. The summed E-state index contributed by atoms with van der Waals surface area (Å²) in [4.78, 5) is 28.2. The molecule has 0 aliphatic rings. The molecule has 0 spiro atoms. The predicted octanol–water partition coefficient (Wildman–Crippen LogP) is 1.63. The molecule has 2 rings (SSSR count). The Morgan fingerprint density at radius 2 is 2.25 bits per heavy atom. The summed E-state index contributed by atoms with van der Waals surface area (Å²) in [6, 6.07) is 3.29. The third kappa shape index (κ3) is 2.97. The van der Waals surface area contributed by atoms with Crippen molar-refractivity contribution in [1.82, 2.24) is 9.38 Å². The van der Waals surface area contributed by atoms with Crippen molar-refractivity contribution in [2.75, 3.05) is 18.5 Å². The third-order valence-corrected chi connectivity index (χ3v) is 2.89. The van der Waals surface area contributed by atoms with Crippen LogP contribution in [0, 0.1) is 6.92 Å². The molecule has 0 bridgehead atoms. The summed E-state index contributed by atoms with van der Waals surface area (Å²) in [6.07, 6.45) is 1.46. The fourth-order valence-corrected chi connectivity index (χ4v) is 1.90. The molecule has 106 valence electrons. The van der Waals surface area contributed by atoms with Gasteiger partial charge in [0.2, 0.25) is 0 Å². The number of ether oxygens (including phenoxy) is 1. The van der Waals surface area contributed by atoms with Crippen molar-refractivity contribution in [3.8, 4) is 0 Å². The highest BCUT2D eigenvalue weighted by molar-refractivity contribution is 6.30. The Morgan fingerprint density at radius 1 is 1.50 bits per heavy atom. The topological polar surface area (TPSA) is 72.7 Å². The maximum absolute atomic E-state index is 12.3. The van der Waals surface area contributed by atoms with E-state index in [1.807, 2.05) is 0 Å². The van der Waals surface area contributed by atoms with Gasteiger partial charge in [-0.3, -0.25) is 14.0 Å². The number of nitrogens with zero attached hydrogens (tertiary/aromatic N) is 2. The van der Waals surface area contributed by atoms with E-state index >= 15 is 0 Å². The SMILES string of the molecule is CCOCC(=O)Nc1c(C)nc2ccc(Cl)cn2c1=O. The Bertz CT molecular complexity index is 712. The van der Waals surface area contributed by atoms with Gasteiger partial charge in [0.25, 0.3) is 11.5 Å². The number of rotatable bonds is 4. The molecule has 7 heteroatoms. The van der Waals surface area contributed by atoms with Crippen LogP contribution in [-0.4, -0.2) is 28.5 Å². The zero-order valence-electron chi connectivity index (χ0n) is 11.1. The number of anilines is 1. The molecule has 0 fully saturated rings. The van der Waals surface area contributed by atoms with Crippen molar-refractivity contribution in [3.63, 3.8) is 0 Å².